The van der Waals surface area contributed by atoms with Gasteiger partial charge in [0.15, 0.2) is 0 Å². The van der Waals surface area contributed by atoms with Gasteiger partial charge in [-0.05, 0) is 75.1 Å². The minimum absolute atomic E-state index is 0.0980. The van der Waals surface area contributed by atoms with E-state index in [1.807, 2.05) is 66.4 Å². The van der Waals surface area contributed by atoms with Crippen LogP contribution in [0, 0.1) is 19.8 Å². The van der Waals surface area contributed by atoms with E-state index in [-0.39, 0.29) is 5.91 Å². The molecule has 1 aliphatic heterocycles. The van der Waals surface area contributed by atoms with Crippen LogP contribution < -0.4 is 4.74 Å². The lowest BCUT2D eigenvalue weighted by molar-refractivity contribution is 0.0681. The van der Waals surface area contributed by atoms with Crippen molar-refractivity contribution in [2.24, 2.45) is 5.92 Å². The first-order valence-corrected chi connectivity index (χ1v) is 10.2. The van der Waals surface area contributed by atoms with Crippen LogP contribution in [0.5, 0.6) is 11.5 Å². The predicted octanol–water partition coefficient (Wildman–Crippen LogP) is 4.84. The summed E-state index contributed by atoms with van der Waals surface area (Å²) in [6, 6.07) is 19.2. The van der Waals surface area contributed by atoms with E-state index in [9.17, 15) is 4.79 Å². The number of piperidine rings is 1. The minimum Gasteiger partial charge on any atom is -0.457 e. The van der Waals surface area contributed by atoms with Gasteiger partial charge in [-0.25, -0.2) is 0 Å². The third-order valence-electron chi connectivity index (χ3n) is 5.52. The van der Waals surface area contributed by atoms with E-state index in [4.69, 9.17) is 4.74 Å². The Labute approximate surface area is 171 Å². The lowest BCUT2D eigenvalue weighted by atomic mass is 9.96. The van der Waals surface area contributed by atoms with Gasteiger partial charge in [0, 0.05) is 30.9 Å². The molecule has 5 heteroatoms. The number of nitrogens with zero attached hydrogens (tertiary/aromatic N) is 3. The zero-order valence-corrected chi connectivity index (χ0v) is 17.0. The molecular formula is C24H27N3O2. The molecule has 1 aromatic heterocycles. The second-order valence-electron chi connectivity index (χ2n) is 7.78. The van der Waals surface area contributed by atoms with Crippen LogP contribution in [0.25, 0.3) is 0 Å². The molecule has 1 fully saturated rings. The van der Waals surface area contributed by atoms with E-state index in [2.05, 4.69) is 22.8 Å². The Morgan fingerprint density at radius 2 is 1.66 bits per heavy atom. The van der Waals surface area contributed by atoms with Crippen LogP contribution in [0.1, 0.15) is 34.6 Å². The van der Waals surface area contributed by atoms with E-state index in [0.29, 0.717) is 11.5 Å². The average Bonchev–Trinajstić information content (AvgIpc) is 3.06. The Hall–Kier alpha value is -3.08. The molecule has 1 amide bonds. The fourth-order valence-electron chi connectivity index (χ4n) is 3.90. The summed E-state index contributed by atoms with van der Waals surface area (Å²) >= 11 is 0. The minimum atomic E-state index is 0.0980. The van der Waals surface area contributed by atoms with Gasteiger partial charge in [-0.1, -0.05) is 18.2 Å². The fraction of sp³-hybridized carbons (Fsp3) is 0.333. The van der Waals surface area contributed by atoms with Crippen LogP contribution in [0.2, 0.25) is 0 Å². The quantitative estimate of drug-likeness (QED) is 0.627. The number of aryl methyl sites for hydroxylation is 2. The van der Waals surface area contributed by atoms with Crippen LogP contribution in [0.3, 0.4) is 0 Å². The second-order valence-corrected chi connectivity index (χ2v) is 7.78. The topological polar surface area (TPSA) is 47.4 Å². The summed E-state index contributed by atoms with van der Waals surface area (Å²) in [5, 5.41) is 4.57. The first-order valence-electron chi connectivity index (χ1n) is 10.2. The van der Waals surface area contributed by atoms with Crippen molar-refractivity contribution in [1.29, 1.82) is 0 Å². The molecule has 0 saturated carbocycles. The average molecular weight is 389 g/mol. The molecule has 1 saturated heterocycles. The lowest BCUT2D eigenvalue weighted by Gasteiger charge is -2.32. The molecule has 0 atom stereocenters. The Kier molecular flexibility index (Phi) is 5.65. The Morgan fingerprint density at radius 3 is 2.28 bits per heavy atom. The van der Waals surface area contributed by atoms with Gasteiger partial charge in [-0.2, -0.15) is 5.10 Å². The zero-order chi connectivity index (χ0) is 20.2. The molecule has 0 N–H and O–H groups in total. The number of hydrogen-bond acceptors (Lipinski definition) is 3. The summed E-state index contributed by atoms with van der Waals surface area (Å²) < 4.78 is 7.91. The van der Waals surface area contributed by atoms with E-state index < -0.39 is 0 Å². The summed E-state index contributed by atoms with van der Waals surface area (Å²) in [7, 11) is 0. The monoisotopic (exact) mass is 389 g/mol. The van der Waals surface area contributed by atoms with Crippen LogP contribution in [-0.2, 0) is 6.54 Å². The summed E-state index contributed by atoms with van der Waals surface area (Å²) in [4.78, 5) is 14.8. The Balaban J connectivity index is 1.31. The molecule has 4 rings (SSSR count). The van der Waals surface area contributed by atoms with Crippen molar-refractivity contribution in [2.45, 2.75) is 33.2 Å². The maximum absolute atomic E-state index is 12.9. The fourth-order valence-corrected chi connectivity index (χ4v) is 3.90. The number of amides is 1. The van der Waals surface area contributed by atoms with Crippen molar-refractivity contribution in [3.05, 3.63) is 77.6 Å². The highest BCUT2D eigenvalue weighted by atomic mass is 16.5. The predicted molar refractivity (Wildman–Crippen MR) is 113 cm³/mol. The molecule has 0 aliphatic carbocycles. The van der Waals surface area contributed by atoms with E-state index in [1.165, 1.54) is 5.69 Å². The maximum atomic E-state index is 12.9. The van der Waals surface area contributed by atoms with Crippen LogP contribution in [-0.4, -0.2) is 33.7 Å². The number of likely N-dealkylation sites (tertiary alicyclic amines) is 1. The number of carbonyl (C=O) groups is 1. The molecule has 0 spiro atoms. The molecule has 3 aromatic rings. The van der Waals surface area contributed by atoms with Crippen molar-refractivity contribution in [3.63, 3.8) is 0 Å². The number of ether oxygens (including phenoxy) is 1. The van der Waals surface area contributed by atoms with E-state index >= 15 is 0 Å². The number of aromatic nitrogens is 2. The van der Waals surface area contributed by atoms with Crippen LogP contribution in [0.15, 0.2) is 60.7 Å². The normalized spacial score (nSPS) is 14.8. The van der Waals surface area contributed by atoms with E-state index in [0.717, 1.165) is 49.7 Å². The van der Waals surface area contributed by atoms with Crippen molar-refractivity contribution in [2.75, 3.05) is 13.1 Å². The van der Waals surface area contributed by atoms with Gasteiger partial charge >= 0.3 is 0 Å². The molecule has 150 valence electrons. The number of para-hydroxylation sites is 1. The van der Waals surface area contributed by atoms with Crippen molar-refractivity contribution >= 4 is 5.91 Å². The standard InChI is InChI=1S/C24H27N3O2/c1-18-16-19(2)27(25-18)17-20-12-14-26(15-13-20)24(28)21-8-10-23(11-9-21)29-22-6-4-3-5-7-22/h3-11,16,20H,12-15,17H2,1-2H3. The maximum Gasteiger partial charge on any atom is 0.253 e. The number of carbonyl (C=O) groups excluding carboxylic acids is 1. The van der Waals surface area contributed by atoms with Crippen molar-refractivity contribution in [1.82, 2.24) is 14.7 Å². The Bertz CT molecular complexity index is 956. The highest BCUT2D eigenvalue weighted by molar-refractivity contribution is 5.94. The molecule has 1 aliphatic rings. The first-order chi connectivity index (χ1) is 14.1. The molecule has 0 bridgehead atoms. The van der Waals surface area contributed by atoms with Gasteiger partial charge in [-0.3, -0.25) is 9.48 Å². The van der Waals surface area contributed by atoms with Crippen LogP contribution in [0.4, 0.5) is 0 Å². The summed E-state index contributed by atoms with van der Waals surface area (Å²) in [6.07, 6.45) is 2.03. The Morgan fingerprint density at radius 1 is 1.00 bits per heavy atom. The van der Waals surface area contributed by atoms with Gasteiger partial charge in [-0.15, -0.1) is 0 Å². The molecule has 0 radical (unpaired) electrons. The number of hydrogen-bond donors (Lipinski definition) is 0. The molecule has 5 nitrogen and oxygen atoms in total. The second kappa shape index (κ2) is 8.52. The summed E-state index contributed by atoms with van der Waals surface area (Å²) in [6.45, 7) is 6.66. The SMILES string of the molecule is Cc1cc(C)n(CC2CCN(C(=O)c3ccc(Oc4ccccc4)cc3)CC2)n1. The van der Waals surface area contributed by atoms with Crippen molar-refractivity contribution in [3.8, 4) is 11.5 Å². The van der Waals surface area contributed by atoms with Gasteiger partial charge in [0.05, 0.1) is 5.69 Å². The smallest absolute Gasteiger partial charge is 0.253 e. The summed E-state index contributed by atoms with van der Waals surface area (Å²) in [5.41, 5.74) is 2.98. The number of rotatable bonds is 5. The third-order valence-corrected chi connectivity index (χ3v) is 5.52. The van der Waals surface area contributed by atoms with Crippen LogP contribution >= 0.6 is 0 Å². The summed E-state index contributed by atoms with van der Waals surface area (Å²) in [5.74, 6) is 2.19. The zero-order valence-electron chi connectivity index (χ0n) is 17.0. The molecule has 2 heterocycles. The lowest BCUT2D eigenvalue weighted by Crippen LogP contribution is -2.39. The van der Waals surface area contributed by atoms with Gasteiger partial charge in [0.25, 0.3) is 5.91 Å². The largest absolute Gasteiger partial charge is 0.457 e. The first kappa shape index (κ1) is 19.2. The highest BCUT2D eigenvalue weighted by Crippen LogP contribution is 2.24. The number of benzene rings is 2. The van der Waals surface area contributed by atoms with Gasteiger partial charge in [0.1, 0.15) is 11.5 Å². The van der Waals surface area contributed by atoms with Gasteiger partial charge in [0.2, 0.25) is 0 Å². The molecule has 0 unspecified atom stereocenters. The third kappa shape index (κ3) is 4.67. The molecule has 2 aromatic carbocycles. The molecular weight excluding hydrogens is 362 g/mol. The molecule has 29 heavy (non-hydrogen) atoms. The van der Waals surface area contributed by atoms with E-state index in [1.54, 1.807) is 0 Å². The highest BCUT2D eigenvalue weighted by Gasteiger charge is 2.24. The van der Waals surface area contributed by atoms with Crippen molar-refractivity contribution < 1.29 is 9.53 Å². The van der Waals surface area contributed by atoms with Gasteiger partial charge < -0.3 is 9.64 Å².